The van der Waals surface area contributed by atoms with E-state index in [1.807, 2.05) is 6.92 Å². The molecule has 0 amide bonds. The molecule has 1 aromatic heterocycles. The van der Waals surface area contributed by atoms with E-state index in [4.69, 9.17) is 4.42 Å². The first-order valence-electron chi connectivity index (χ1n) is 5.33. The molecule has 3 nitrogen and oxygen atoms in total. The Morgan fingerprint density at radius 2 is 2.21 bits per heavy atom. The van der Waals surface area contributed by atoms with E-state index in [1.165, 1.54) is 0 Å². The number of oxazole rings is 1. The minimum Gasteiger partial charge on any atom is -0.445 e. The summed E-state index contributed by atoms with van der Waals surface area (Å²) in [5, 5.41) is 3.26. The Balaban J connectivity index is 2.07. The van der Waals surface area contributed by atoms with Crippen LogP contribution in [0.15, 0.2) is 4.42 Å². The van der Waals surface area contributed by atoms with Crippen LogP contribution >= 0.6 is 0 Å². The Labute approximate surface area is 84.9 Å². The van der Waals surface area contributed by atoms with Crippen LogP contribution in [0.3, 0.4) is 0 Å². The monoisotopic (exact) mass is 194 g/mol. The molecule has 2 rings (SSSR count). The van der Waals surface area contributed by atoms with Gasteiger partial charge in [0.25, 0.3) is 0 Å². The van der Waals surface area contributed by atoms with E-state index >= 15 is 0 Å². The topological polar surface area (TPSA) is 38.1 Å². The zero-order valence-corrected chi connectivity index (χ0v) is 9.13. The van der Waals surface area contributed by atoms with Crippen LogP contribution in [0.4, 0.5) is 0 Å². The zero-order valence-electron chi connectivity index (χ0n) is 9.13. The second kappa shape index (κ2) is 3.73. The SMILES string of the molecule is Cc1nc(CC2CNC2)oc1C(C)C. The highest BCUT2D eigenvalue weighted by atomic mass is 16.4. The van der Waals surface area contributed by atoms with Gasteiger partial charge in [0, 0.05) is 12.3 Å². The Hall–Kier alpha value is -0.830. The van der Waals surface area contributed by atoms with Crippen LogP contribution in [0.5, 0.6) is 0 Å². The van der Waals surface area contributed by atoms with Crippen molar-refractivity contribution in [2.24, 2.45) is 5.92 Å². The van der Waals surface area contributed by atoms with Gasteiger partial charge in [-0.15, -0.1) is 0 Å². The van der Waals surface area contributed by atoms with Gasteiger partial charge in [-0.25, -0.2) is 4.98 Å². The van der Waals surface area contributed by atoms with Crippen LogP contribution in [0.25, 0.3) is 0 Å². The molecule has 14 heavy (non-hydrogen) atoms. The van der Waals surface area contributed by atoms with Crippen molar-refractivity contribution in [2.45, 2.75) is 33.1 Å². The van der Waals surface area contributed by atoms with Gasteiger partial charge in [-0.05, 0) is 25.9 Å². The minimum absolute atomic E-state index is 0.441. The summed E-state index contributed by atoms with van der Waals surface area (Å²) >= 11 is 0. The van der Waals surface area contributed by atoms with Crippen LogP contribution in [-0.2, 0) is 6.42 Å². The normalized spacial score (nSPS) is 17.4. The molecule has 0 radical (unpaired) electrons. The van der Waals surface area contributed by atoms with Crippen molar-refractivity contribution in [1.82, 2.24) is 10.3 Å². The second-order valence-corrected chi connectivity index (χ2v) is 4.44. The standard InChI is InChI=1S/C11H18N2O/c1-7(2)11-8(3)13-10(14-11)4-9-5-12-6-9/h7,9,12H,4-6H2,1-3H3. The molecule has 1 aromatic rings. The van der Waals surface area contributed by atoms with Gasteiger partial charge >= 0.3 is 0 Å². The molecular weight excluding hydrogens is 176 g/mol. The third kappa shape index (κ3) is 1.82. The second-order valence-electron chi connectivity index (χ2n) is 4.44. The summed E-state index contributed by atoms with van der Waals surface area (Å²) in [5.41, 5.74) is 1.06. The number of aryl methyl sites for hydroxylation is 1. The van der Waals surface area contributed by atoms with E-state index in [2.05, 4.69) is 24.1 Å². The van der Waals surface area contributed by atoms with E-state index in [0.29, 0.717) is 5.92 Å². The molecule has 1 fully saturated rings. The minimum atomic E-state index is 0.441. The highest BCUT2D eigenvalue weighted by Crippen LogP contribution is 2.22. The van der Waals surface area contributed by atoms with E-state index in [0.717, 1.165) is 42.8 Å². The van der Waals surface area contributed by atoms with Crippen molar-refractivity contribution in [3.8, 4) is 0 Å². The van der Waals surface area contributed by atoms with E-state index in [1.54, 1.807) is 0 Å². The smallest absolute Gasteiger partial charge is 0.195 e. The van der Waals surface area contributed by atoms with Gasteiger partial charge in [0.15, 0.2) is 5.89 Å². The van der Waals surface area contributed by atoms with Crippen molar-refractivity contribution in [3.63, 3.8) is 0 Å². The van der Waals surface area contributed by atoms with E-state index in [9.17, 15) is 0 Å². The lowest BCUT2D eigenvalue weighted by molar-refractivity contribution is 0.312. The molecule has 0 aliphatic carbocycles. The van der Waals surface area contributed by atoms with Gasteiger partial charge in [0.1, 0.15) is 5.76 Å². The molecular formula is C11H18N2O. The molecule has 3 heteroatoms. The maximum absolute atomic E-state index is 5.74. The summed E-state index contributed by atoms with van der Waals surface area (Å²) in [4.78, 5) is 4.46. The zero-order chi connectivity index (χ0) is 10.1. The Kier molecular flexibility index (Phi) is 2.59. The molecule has 0 aromatic carbocycles. The molecule has 1 aliphatic rings. The average Bonchev–Trinajstić information content (AvgIpc) is 2.39. The number of rotatable bonds is 3. The molecule has 0 atom stereocenters. The van der Waals surface area contributed by atoms with Crippen molar-refractivity contribution in [2.75, 3.05) is 13.1 Å². The van der Waals surface area contributed by atoms with Crippen molar-refractivity contribution < 1.29 is 4.42 Å². The molecule has 1 N–H and O–H groups in total. The van der Waals surface area contributed by atoms with Crippen LogP contribution in [0.2, 0.25) is 0 Å². The van der Waals surface area contributed by atoms with Gasteiger partial charge < -0.3 is 9.73 Å². The molecule has 1 saturated heterocycles. The van der Waals surface area contributed by atoms with Gasteiger partial charge in [0.2, 0.25) is 0 Å². The van der Waals surface area contributed by atoms with Gasteiger partial charge in [0.05, 0.1) is 5.69 Å². The first kappa shape index (κ1) is 9.71. The number of aromatic nitrogens is 1. The largest absolute Gasteiger partial charge is 0.445 e. The number of nitrogens with one attached hydrogen (secondary N) is 1. The summed E-state index contributed by atoms with van der Waals surface area (Å²) in [7, 11) is 0. The summed E-state index contributed by atoms with van der Waals surface area (Å²) in [6, 6.07) is 0. The highest BCUT2D eigenvalue weighted by Gasteiger charge is 2.21. The molecule has 2 heterocycles. The summed E-state index contributed by atoms with van der Waals surface area (Å²) in [6.07, 6.45) is 0.987. The van der Waals surface area contributed by atoms with Crippen molar-refractivity contribution in [3.05, 3.63) is 17.3 Å². The van der Waals surface area contributed by atoms with Crippen LogP contribution < -0.4 is 5.32 Å². The Morgan fingerprint density at radius 1 is 1.50 bits per heavy atom. The fraction of sp³-hybridized carbons (Fsp3) is 0.727. The van der Waals surface area contributed by atoms with E-state index < -0.39 is 0 Å². The maximum atomic E-state index is 5.74. The van der Waals surface area contributed by atoms with Crippen LogP contribution in [0, 0.1) is 12.8 Å². The molecule has 78 valence electrons. The third-order valence-corrected chi connectivity index (χ3v) is 2.73. The Bertz CT molecular complexity index is 313. The lowest BCUT2D eigenvalue weighted by Crippen LogP contribution is -2.43. The summed E-state index contributed by atoms with van der Waals surface area (Å²) in [6.45, 7) is 8.53. The van der Waals surface area contributed by atoms with Gasteiger partial charge in [-0.3, -0.25) is 0 Å². The summed E-state index contributed by atoms with van der Waals surface area (Å²) in [5.74, 6) is 3.13. The van der Waals surface area contributed by atoms with Crippen LogP contribution in [-0.4, -0.2) is 18.1 Å². The number of hydrogen-bond donors (Lipinski definition) is 1. The number of hydrogen-bond acceptors (Lipinski definition) is 3. The molecule has 0 bridgehead atoms. The lowest BCUT2D eigenvalue weighted by atomic mass is 10.00. The van der Waals surface area contributed by atoms with Crippen LogP contribution in [0.1, 0.15) is 37.1 Å². The van der Waals surface area contributed by atoms with E-state index in [-0.39, 0.29) is 0 Å². The Morgan fingerprint density at radius 3 is 2.64 bits per heavy atom. The van der Waals surface area contributed by atoms with Gasteiger partial charge in [-0.1, -0.05) is 13.8 Å². The molecule has 0 unspecified atom stereocenters. The first-order valence-corrected chi connectivity index (χ1v) is 5.33. The van der Waals surface area contributed by atoms with Gasteiger partial charge in [-0.2, -0.15) is 0 Å². The quantitative estimate of drug-likeness (QED) is 0.798. The predicted octanol–water partition coefficient (Wildman–Crippen LogP) is 1.87. The average molecular weight is 194 g/mol. The predicted molar refractivity (Wildman–Crippen MR) is 55.4 cm³/mol. The fourth-order valence-corrected chi connectivity index (χ4v) is 1.83. The van der Waals surface area contributed by atoms with Crippen molar-refractivity contribution >= 4 is 0 Å². The lowest BCUT2D eigenvalue weighted by Gasteiger charge is -2.25. The molecule has 0 saturated carbocycles. The number of nitrogens with zero attached hydrogens (tertiary/aromatic N) is 1. The maximum Gasteiger partial charge on any atom is 0.195 e. The van der Waals surface area contributed by atoms with Crippen molar-refractivity contribution in [1.29, 1.82) is 0 Å². The highest BCUT2D eigenvalue weighted by molar-refractivity contribution is 5.12. The third-order valence-electron chi connectivity index (χ3n) is 2.73. The fourth-order valence-electron chi connectivity index (χ4n) is 1.83. The molecule has 0 spiro atoms. The first-order chi connectivity index (χ1) is 6.66. The summed E-state index contributed by atoms with van der Waals surface area (Å²) < 4.78 is 5.74. The molecule has 1 aliphatic heterocycles.